The molecule has 1 unspecified atom stereocenters. The Bertz CT molecular complexity index is 925. The van der Waals surface area contributed by atoms with Crippen molar-refractivity contribution in [3.05, 3.63) is 64.0 Å². The summed E-state index contributed by atoms with van der Waals surface area (Å²) in [6.45, 7) is 0.0400. The van der Waals surface area contributed by atoms with E-state index in [1.807, 2.05) is 17.5 Å². The van der Waals surface area contributed by atoms with Crippen LogP contribution in [0.1, 0.15) is 16.9 Å². The average molecular weight is 409 g/mol. The quantitative estimate of drug-likeness (QED) is 0.795. The molecule has 28 heavy (non-hydrogen) atoms. The smallest absolute Gasteiger partial charge is 0.369 e. The second kappa shape index (κ2) is 7.31. The number of primary amides is 2. The van der Waals surface area contributed by atoms with Crippen LogP contribution in [0.3, 0.4) is 0 Å². The fraction of sp³-hybridized carbons (Fsp3) is 0.263. The minimum atomic E-state index is -4.51. The summed E-state index contributed by atoms with van der Waals surface area (Å²) in [7, 11) is 0. The van der Waals surface area contributed by atoms with Gasteiger partial charge in [0.1, 0.15) is 0 Å². The van der Waals surface area contributed by atoms with Crippen molar-refractivity contribution in [3.63, 3.8) is 0 Å². The zero-order valence-corrected chi connectivity index (χ0v) is 15.5. The summed E-state index contributed by atoms with van der Waals surface area (Å²) in [6.07, 6.45) is -2.82. The maximum absolute atomic E-state index is 13.1. The highest BCUT2D eigenvalue weighted by Gasteiger charge is 2.43. The Hall–Kier alpha value is -2.81. The van der Waals surface area contributed by atoms with E-state index in [2.05, 4.69) is 0 Å². The van der Waals surface area contributed by atoms with Crippen LogP contribution in [0.2, 0.25) is 0 Å². The Morgan fingerprint density at radius 3 is 2.50 bits per heavy atom. The Kier molecular flexibility index (Phi) is 5.20. The van der Waals surface area contributed by atoms with Crippen LogP contribution in [-0.2, 0) is 22.2 Å². The van der Waals surface area contributed by atoms with Crippen molar-refractivity contribution in [2.45, 2.75) is 19.0 Å². The maximum atomic E-state index is 13.1. The molecule has 9 heteroatoms. The highest BCUT2D eigenvalue weighted by atomic mass is 32.1. The lowest BCUT2D eigenvalue weighted by molar-refractivity contribution is -0.137. The number of rotatable bonds is 5. The molecule has 1 atom stereocenters. The number of amides is 2. The number of carbonyl (C=O) groups excluding carboxylic acids is 2. The van der Waals surface area contributed by atoms with Crippen molar-refractivity contribution in [3.8, 4) is 0 Å². The summed E-state index contributed by atoms with van der Waals surface area (Å²) in [6, 6.07) is 8.35. The van der Waals surface area contributed by atoms with Crippen molar-refractivity contribution in [1.82, 2.24) is 0 Å². The molecule has 2 aromatic rings. The molecule has 0 aliphatic carbocycles. The Morgan fingerprint density at radius 2 is 1.93 bits per heavy atom. The first-order valence-corrected chi connectivity index (χ1v) is 9.25. The molecule has 1 aliphatic heterocycles. The fourth-order valence-corrected chi connectivity index (χ4v) is 4.17. The molecule has 3 rings (SSSR count). The SMILES string of the molecule is NC(=O)C1=CN(c2cccc(C(F)(F)F)c2)CC(Cc2cccs2)(C(N)=O)C1. The zero-order valence-electron chi connectivity index (χ0n) is 14.7. The lowest BCUT2D eigenvalue weighted by atomic mass is 9.74. The largest absolute Gasteiger partial charge is 0.416 e. The number of thiophene rings is 1. The van der Waals surface area contributed by atoms with Gasteiger partial charge in [-0.15, -0.1) is 11.3 Å². The number of alkyl halides is 3. The van der Waals surface area contributed by atoms with Crippen LogP contribution in [0.5, 0.6) is 0 Å². The van der Waals surface area contributed by atoms with Gasteiger partial charge in [-0.3, -0.25) is 9.59 Å². The molecule has 0 radical (unpaired) electrons. The van der Waals surface area contributed by atoms with E-state index < -0.39 is 29.0 Å². The predicted octanol–water partition coefficient (Wildman–Crippen LogP) is 3.06. The van der Waals surface area contributed by atoms with Crippen LogP contribution in [0, 0.1) is 5.41 Å². The highest BCUT2D eigenvalue weighted by Crippen LogP contribution is 2.39. The number of nitrogens with zero attached hydrogens (tertiary/aromatic N) is 1. The molecule has 0 saturated heterocycles. The summed E-state index contributed by atoms with van der Waals surface area (Å²) < 4.78 is 39.3. The molecule has 1 aromatic carbocycles. The minimum absolute atomic E-state index is 0.0328. The molecule has 1 aromatic heterocycles. The second-order valence-corrected chi connectivity index (χ2v) is 7.80. The molecule has 0 spiro atoms. The van der Waals surface area contributed by atoms with Gasteiger partial charge in [-0.1, -0.05) is 12.1 Å². The first-order valence-electron chi connectivity index (χ1n) is 8.37. The molecule has 0 bridgehead atoms. The second-order valence-electron chi connectivity index (χ2n) is 6.77. The van der Waals surface area contributed by atoms with E-state index in [0.717, 1.165) is 17.0 Å². The summed E-state index contributed by atoms with van der Waals surface area (Å²) in [4.78, 5) is 26.6. The Labute approximate surface area is 163 Å². The van der Waals surface area contributed by atoms with Gasteiger partial charge in [0, 0.05) is 28.9 Å². The third-order valence-electron chi connectivity index (χ3n) is 4.75. The number of carbonyl (C=O) groups is 2. The molecule has 2 heterocycles. The third-order valence-corrected chi connectivity index (χ3v) is 5.63. The Morgan fingerprint density at radius 1 is 1.18 bits per heavy atom. The van der Waals surface area contributed by atoms with Crippen LogP contribution in [0.25, 0.3) is 0 Å². The maximum Gasteiger partial charge on any atom is 0.416 e. The Balaban J connectivity index is 2.05. The van der Waals surface area contributed by atoms with Crippen LogP contribution < -0.4 is 16.4 Å². The third kappa shape index (κ3) is 4.04. The van der Waals surface area contributed by atoms with Crippen molar-refractivity contribution in [1.29, 1.82) is 0 Å². The van der Waals surface area contributed by atoms with E-state index in [-0.39, 0.29) is 30.6 Å². The lowest BCUT2D eigenvalue weighted by Gasteiger charge is -2.40. The van der Waals surface area contributed by atoms with E-state index in [1.165, 1.54) is 34.6 Å². The number of hydrogen-bond donors (Lipinski definition) is 2. The van der Waals surface area contributed by atoms with Gasteiger partial charge < -0.3 is 16.4 Å². The minimum Gasteiger partial charge on any atom is -0.369 e. The summed E-state index contributed by atoms with van der Waals surface area (Å²) >= 11 is 1.43. The van der Waals surface area contributed by atoms with Gasteiger partial charge in [0.15, 0.2) is 0 Å². The first kappa shape index (κ1) is 19.9. The van der Waals surface area contributed by atoms with Gasteiger partial charge in [0.2, 0.25) is 11.8 Å². The van der Waals surface area contributed by atoms with E-state index in [4.69, 9.17) is 11.5 Å². The highest BCUT2D eigenvalue weighted by molar-refractivity contribution is 7.09. The van der Waals surface area contributed by atoms with E-state index in [0.29, 0.717) is 0 Å². The molecular weight excluding hydrogens is 391 g/mol. The molecular formula is C19H18F3N3O2S. The van der Waals surface area contributed by atoms with Crippen LogP contribution >= 0.6 is 11.3 Å². The van der Waals surface area contributed by atoms with E-state index >= 15 is 0 Å². The standard InChI is InChI=1S/C19H18F3N3O2S/c20-19(21,22)13-3-1-4-14(7-13)25-10-12(16(23)26)8-18(11-25,17(24)27)9-15-5-2-6-28-15/h1-7,10H,8-9,11H2,(H2,23,26)(H2,24,27). The van der Waals surface area contributed by atoms with Crippen molar-refractivity contribution < 1.29 is 22.8 Å². The lowest BCUT2D eigenvalue weighted by Crippen LogP contribution is -2.50. The monoisotopic (exact) mass is 409 g/mol. The molecule has 0 fully saturated rings. The van der Waals surface area contributed by atoms with E-state index in [1.54, 1.807) is 0 Å². The van der Waals surface area contributed by atoms with Crippen LogP contribution in [0.15, 0.2) is 53.6 Å². The molecule has 148 valence electrons. The van der Waals surface area contributed by atoms with Gasteiger partial charge in [0.05, 0.1) is 11.0 Å². The fourth-order valence-electron chi connectivity index (χ4n) is 3.32. The van der Waals surface area contributed by atoms with Gasteiger partial charge in [-0.05, 0) is 42.5 Å². The number of halogens is 3. The molecule has 1 aliphatic rings. The van der Waals surface area contributed by atoms with E-state index in [9.17, 15) is 22.8 Å². The number of benzene rings is 1. The average Bonchev–Trinajstić information content (AvgIpc) is 3.13. The van der Waals surface area contributed by atoms with Gasteiger partial charge in [-0.25, -0.2) is 0 Å². The normalized spacial score (nSPS) is 20.0. The number of nitrogens with two attached hydrogens (primary N) is 2. The van der Waals surface area contributed by atoms with Crippen LogP contribution in [0.4, 0.5) is 18.9 Å². The first-order chi connectivity index (χ1) is 13.1. The summed E-state index contributed by atoms with van der Waals surface area (Å²) in [5.41, 5.74) is 9.48. The van der Waals surface area contributed by atoms with Gasteiger partial charge >= 0.3 is 6.18 Å². The molecule has 5 nitrogen and oxygen atoms in total. The predicted molar refractivity (Wildman–Crippen MR) is 100 cm³/mol. The van der Waals surface area contributed by atoms with Crippen LogP contribution in [-0.4, -0.2) is 18.4 Å². The summed E-state index contributed by atoms with van der Waals surface area (Å²) in [5, 5.41) is 1.85. The van der Waals surface area contributed by atoms with Crippen molar-refractivity contribution in [2.24, 2.45) is 16.9 Å². The topological polar surface area (TPSA) is 89.4 Å². The molecule has 2 amide bonds. The summed E-state index contributed by atoms with van der Waals surface area (Å²) in [5.74, 6) is -1.38. The molecule has 0 saturated carbocycles. The van der Waals surface area contributed by atoms with Gasteiger partial charge in [-0.2, -0.15) is 13.2 Å². The zero-order chi connectivity index (χ0) is 20.5. The number of anilines is 1. The molecule has 4 N–H and O–H groups in total. The number of hydrogen-bond acceptors (Lipinski definition) is 4. The van der Waals surface area contributed by atoms with Crippen molar-refractivity contribution in [2.75, 3.05) is 11.4 Å². The van der Waals surface area contributed by atoms with Gasteiger partial charge in [0.25, 0.3) is 0 Å². The van der Waals surface area contributed by atoms with Crippen molar-refractivity contribution >= 4 is 28.8 Å².